The van der Waals surface area contributed by atoms with Gasteiger partial charge < -0.3 is 9.15 Å². The highest BCUT2D eigenvalue weighted by atomic mass is 79.9. The van der Waals surface area contributed by atoms with E-state index in [4.69, 9.17) is 9.15 Å². The Morgan fingerprint density at radius 3 is 2.52 bits per heavy atom. The molecule has 0 radical (unpaired) electrons. The zero-order valence-electron chi connectivity index (χ0n) is 15.9. The molecular formula is C24H14BrNO5. The first kappa shape index (κ1) is 19.3. The molecule has 0 saturated heterocycles. The molecule has 0 amide bonds. The summed E-state index contributed by atoms with van der Waals surface area (Å²) in [5.74, 6) is 0.402. The normalized spacial score (nSPS) is 15.1. The number of hydrogen-bond donors (Lipinski definition) is 0. The van der Waals surface area contributed by atoms with E-state index in [0.717, 1.165) is 10.0 Å². The van der Waals surface area contributed by atoms with Gasteiger partial charge in [0, 0.05) is 28.1 Å². The van der Waals surface area contributed by atoms with E-state index >= 15 is 0 Å². The van der Waals surface area contributed by atoms with Gasteiger partial charge in [-0.1, -0.05) is 52.3 Å². The lowest BCUT2D eigenvalue weighted by molar-refractivity contribution is -0.384. The summed E-state index contributed by atoms with van der Waals surface area (Å²) < 4.78 is 12.7. The van der Waals surface area contributed by atoms with Crippen LogP contribution in [0.4, 0.5) is 5.69 Å². The van der Waals surface area contributed by atoms with Crippen LogP contribution in [0.2, 0.25) is 0 Å². The van der Waals surface area contributed by atoms with Crippen molar-refractivity contribution in [3.8, 4) is 5.75 Å². The molecule has 1 aromatic heterocycles. The van der Waals surface area contributed by atoms with Gasteiger partial charge in [-0.25, -0.2) is 4.79 Å². The minimum absolute atomic E-state index is 0.0469. The highest BCUT2D eigenvalue weighted by Crippen LogP contribution is 2.43. The third kappa shape index (κ3) is 3.43. The Bertz CT molecular complexity index is 1420. The zero-order chi connectivity index (χ0) is 21.5. The summed E-state index contributed by atoms with van der Waals surface area (Å²) in [5.41, 5.74) is 1.59. The first-order valence-electron chi connectivity index (χ1n) is 9.47. The van der Waals surface area contributed by atoms with Gasteiger partial charge in [0.15, 0.2) is 0 Å². The van der Waals surface area contributed by atoms with Gasteiger partial charge in [-0.3, -0.25) is 10.1 Å². The molecule has 0 saturated carbocycles. The second-order valence-electron chi connectivity index (χ2n) is 7.10. The van der Waals surface area contributed by atoms with Crippen molar-refractivity contribution in [2.45, 2.75) is 5.92 Å². The molecular weight excluding hydrogens is 462 g/mol. The van der Waals surface area contributed by atoms with Crippen molar-refractivity contribution >= 4 is 38.3 Å². The van der Waals surface area contributed by atoms with Crippen molar-refractivity contribution in [3.63, 3.8) is 0 Å². The van der Waals surface area contributed by atoms with Crippen LogP contribution in [-0.2, 0) is 0 Å². The Labute approximate surface area is 184 Å². The first-order chi connectivity index (χ1) is 15.0. The monoisotopic (exact) mass is 475 g/mol. The summed E-state index contributed by atoms with van der Waals surface area (Å²) >= 11 is 3.43. The lowest BCUT2D eigenvalue weighted by Gasteiger charge is -2.25. The van der Waals surface area contributed by atoms with E-state index in [9.17, 15) is 14.9 Å². The van der Waals surface area contributed by atoms with E-state index < -0.39 is 16.5 Å². The molecule has 1 unspecified atom stereocenters. The van der Waals surface area contributed by atoms with Gasteiger partial charge in [0.05, 0.1) is 15.9 Å². The molecule has 0 bridgehead atoms. The average molecular weight is 476 g/mol. The maximum Gasteiger partial charge on any atom is 0.344 e. The summed E-state index contributed by atoms with van der Waals surface area (Å²) in [6, 6.07) is 21.0. The van der Waals surface area contributed by atoms with Crippen molar-refractivity contribution < 1.29 is 14.1 Å². The van der Waals surface area contributed by atoms with Crippen LogP contribution in [0, 0.1) is 10.1 Å². The number of nitro benzene ring substituents is 1. The van der Waals surface area contributed by atoms with Crippen LogP contribution in [0.5, 0.6) is 5.75 Å². The van der Waals surface area contributed by atoms with Gasteiger partial charge in [0.1, 0.15) is 17.1 Å². The van der Waals surface area contributed by atoms with Crippen LogP contribution in [-0.4, -0.2) is 4.92 Å². The van der Waals surface area contributed by atoms with Crippen molar-refractivity contribution in [1.82, 2.24) is 0 Å². The number of non-ortho nitro benzene ring substituents is 1. The number of fused-ring (bicyclic) bond motifs is 3. The minimum atomic E-state index is -0.567. The summed E-state index contributed by atoms with van der Waals surface area (Å²) in [4.78, 5) is 23.8. The molecule has 7 heteroatoms. The van der Waals surface area contributed by atoms with Crippen molar-refractivity contribution in [2.75, 3.05) is 0 Å². The topological polar surface area (TPSA) is 82.6 Å². The summed E-state index contributed by atoms with van der Waals surface area (Å²) in [5, 5.41) is 12.0. The highest BCUT2D eigenvalue weighted by Gasteiger charge is 2.31. The van der Waals surface area contributed by atoms with E-state index in [1.807, 2.05) is 36.4 Å². The fourth-order valence-corrected chi connectivity index (χ4v) is 4.02. The number of allylic oxidation sites excluding steroid dienone is 1. The van der Waals surface area contributed by atoms with Gasteiger partial charge in [-0.2, -0.15) is 0 Å². The molecule has 1 aliphatic heterocycles. The van der Waals surface area contributed by atoms with Crippen molar-refractivity contribution in [1.29, 1.82) is 0 Å². The van der Waals surface area contributed by atoms with Crippen LogP contribution >= 0.6 is 15.9 Å². The van der Waals surface area contributed by atoms with Crippen LogP contribution in [0.25, 0.3) is 16.7 Å². The molecule has 2 heterocycles. The van der Waals surface area contributed by atoms with E-state index in [1.54, 1.807) is 30.3 Å². The van der Waals surface area contributed by atoms with E-state index in [2.05, 4.69) is 15.9 Å². The van der Waals surface area contributed by atoms with E-state index in [1.165, 1.54) is 12.1 Å². The van der Waals surface area contributed by atoms with Gasteiger partial charge in [-0.05, 0) is 35.9 Å². The van der Waals surface area contributed by atoms with E-state index in [0.29, 0.717) is 33.6 Å². The lowest BCUT2D eigenvalue weighted by Crippen LogP contribution is -2.19. The molecule has 5 rings (SSSR count). The SMILES string of the molecule is O=c1oc2ccccc2c2c1C(c1cccc([N+](=O)[O-])c1)C=C(c1ccc(Br)cc1)O2. The third-order valence-corrected chi connectivity index (χ3v) is 5.74. The summed E-state index contributed by atoms with van der Waals surface area (Å²) in [6.07, 6.45) is 1.80. The van der Waals surface area contributed by atoms with E-state index in [-0.39, 0.29) is 5.69 Å². The van der Waals surface area contributed by atoms with Gasteiger partial charge >= 0.3 is 5.63 Å². The molecule has 0 aliphatic carbocycles. The largest absolute Gasteiger partial charge is 0.456 e. The maximum absolute atomic E-state index is 13.0. The molecule has 0 spiro atoms. The number of para-hydroxylation sites is 1. The second kappa shape index (κ2) is 7.52. The van der Waals surface area contributed by atoms with Crippen molar-refractivity contribution in [3.05, 3.63) is 121 Å². The van der Waals surface area contributed by atoms with Crippen LogP contribution in [0.1, 0.15) is 22.6 Å². The summed E-state index contributed by atoms with van der Waals surface area (Å²) in [6.45, 7) is 0. The molecule has 0 N–H and O–H groups in total. The van der Waals surface area contributed by atoms with Gasteiger partial charge in [-0.15, -0.1) is 0 Å². The Balaban J connectivity index is 1.78. The average Bonchev–Trinajstić information content (AvgIpc) is 2.79. The predicted molar refractivity (Wildman–Crippen MR) is 120 cm³/mol. The van der Waals surface area contributed by atoms with Crippen molar-refractivity contribution in [2.24, 2.45) is 0 Å². The van der Waals surface area contributed by atoms with Crippen LogP contribution in [0.15, 0.2) is 92.6 Å². The Morgan fingerprint density at radius 1 is 0.968 bits per heavy atom. The molecule has 6 nitrogen and oxygen atoms in total. The number of ether oxygens (including phenoxy) is 1. The molecule has 1 aliphatic rings. The molecule has 31 heavy (non-hydrogen) atoms. The number of halogens is 1. The van der Waals surface area contributed by atoms with Crippen LogP contribution in [0.3, 0.4) is 0 Å². The Kier molecular flexibility index (Phi) is 4.67. The van der Waals surface area contributed by atoms with Crippen LogP contribution < -0.4 is 10.4 Å². The molecule has 4 aromatic rings. The lowest BCUT2D eigenvalue weighted by atomic mass is 9.87. The number of nitro groups is 1. The maximum atomic E-state index is 13.0. The molecule has 0 fully saturated rings. The fourth-order valence-electron chi connectivity index (χ4n) is 3.76. The molecule has 3 aromatic carbocycles. The number of rotatable bonds is 3. The smallest absolute Gasteiger partial charge is 0.344 e. The quantitative estimate of drug-likeness (QED) is 0.205. The standard InChI is InChI=1S/C24H14BrNO5/c25-16-10-8-14(9-11-16)21-13-19(15-4-3-5-17(12-15)26(28)29)22-23(30-21)18-6-1-2-7-20(18)31-24(22)27/h1-13,19H. The predicted octanol–water partition coefficient (Wildman–Crippen LogP) is 6.03. The number of benzene rings is 3. The number of hydrogen-bond acceptors (Lipinski definition) is 5. The zero-order valence-corrected chi connectivity index (χ0v) is 17.5. The van der Waals surface area contributed by atoms with Gasteiger partial charge in [0.2, 0.25) is 0 Å². The molecule has 152 valence electrons. The van der Waals surface area contributed by atoms with Gasteiger partial charge in [0.25, 0.3) is 5.69 Å². The number of nitrogens with zero attached hydrogens (tertiary/aromatic N) is 1. The minimum Gasteiger partial charge on any atom is -0.456 e. The summed E-state index contributed by atoms with van der Waals surface area (Å²) in [7, 11) is 0. The first-order valence-corrected chi connectivity index (χ1v) is 10.3. The Morgan fingerprint density at radius 2 is 1.74 bits per heavy atom. The highest BCUT2D eigenvalue weighted by molar-refractivity contribution is 9.10. The second-order valence-corrected chi connectivity index (χ2v) is 8.01. The molecule has 1 atom stereocenters. The Hall–Kier alpha value is -3.71. The third-order valence-electron chi connectivity index (χ3n) is 5.21. The fraction of sp³-hybridized carbons (Fsp3) is 0.0417.